The summed E-state index contributed by atoms with van der Waals surface area (Å²) in [7, 11) is 0. The zero-order valence-electron chi connectivity index (χ0n) is 17.5. The first kappa shape index (κ1) is 20.8. The van der Waals surface area contributed by atoms with Crippen LogP contribution in [0.3, 0.4) is 0 Å². The van der Waals surface area contributed by atoms with Crippen LogP contribution in [0.25, 0.3) is 0 Å². The van der Waals surface area contributed by atoms with Crippen LogP contribution in [0.1, 0.15) is 67.4 Å². The highest BCUT2D eigenvalue weighted by Gasteiger charge is 2.55. The van der Waals surface area contributed by atoms with Crippen LogP contribution in [0.4, 0.5) is 0 Å². The monoisotopic (exact) mass is 384 g/mol. The van der Waals surface area contributed by atoms with E-state index < -0.39 is 11.5 Å². The fourth-order valence-corrected chi connectivity index (χ4v) is 4.12. The van der Waals surface area contributed by atoms with E-state index in [2.05, 4.69) is 13.8 Å². The van der Waals surface area contributed by atoms with Gasteiger partial charge in [0.05, 0.1) is 18.6 Å². The lowest BCUT2D eigenvalue weighted by molar-refractivity contribution is -0.151. The number of aryl methyl sites for hydroxylation is 2. The third-order valence-electron chi connectivity index (χ3n) is 6.28. The van der Waals surface area contributed by atoms with Crippen LogP contribution in [-0.2, 0) is 14.3 Å². The fraction of sp³-hybridized carbons (Fsp3) is 0.583. The molecule has 0 aliphatic carbocycles. The fourth-order valence-electron chi connectivity index (χ4n) is 4.12. The standard InChI is InChI=1S/C24H32O4/c1-5-7-8-18(6-2)15-27-23(26)20-14-24(12-11-21(20)28-24)22(25)19-10-9-16(3)17(4)13-19/h9-13,18,20-21H,5-8,14-15H2,1-4H3. The van der Waals surface area contributed by atoms with Crippen molar-refractivity contribution in [2.75, 3.05) is 6.61 Å². The number of fused-ring (bicyclic) bond motifs is 2. The van der Waals surface area contributed by atoms with Gasteiger partial charge < -0.3 is 9.47 Å². The lowest BCUT2D eigenvalue weighted by atomic mass is 9.81. The van der Waals surface area contributed by atoms with Gasteiger partial charge in [-0.05, 0) is 49.5 Å². The van der Waals surface area contributed by atoms with E-state index in [4.69, 9.17) is 9.47 Å². The Morgan fingerprint density at radius 3 is 2.71 bits per heavy atom. The number of carbonyl (C=O) groups excluding carboxylic acids is 2. The Kier molecular flexibility index (Phi) is 6.39. The maximum Gasteiger partial charge on any atom is 0.312 e. The smallest absolute Gasteiger partial charge is 0.312 e. The third-order valence-corrected chi connectivity index (χ3v) is 6.28. The van der Waals surface area contributed by atoms with E-state index in [-0.39, 0.29) is 17.9 Å². The number of benzene rings is 1. The minimum atomic E-state index is -1.03. The van der Waals surface area contributed by atoms with Gasteiger partial charge in [0.25, 0.3) is 0 Å². The van der Waals surface area contributed by atoms with Gasteiger partial charge in [-0.25, -0.2) is 0 Å². The van der Waals surface area contributed by atoms with E-state index in [0.717, 1.165) is 36.8 Å². The molecule has 0 radical (unpaired) electrons. The number of rotatable bonds is 9. The Balaban J connectivity index is 1.65. The van der Waals surface area contributed by atoms with Gasteiger partial charge in [-0.3, -0.25) is 9.59 Å². The Morgan fingerprint density at radius 1 is 1.25 bits per heavy atom. The lowest BCUT2D eigenvalue weighted by Gasteiger charge is -2.22. The number of ketones is 1. The highest BCUT2D eigenvalue weighted by Crippen LogP contribution is 2.44. The van der Waals surface area contributed by atoms with Crippen LogP contribution in [0.15, 0.2) is 30.4 Å². The summed E-state index contributed by atoms with van der Waals surface area (Å²) in [4.78, 5) is 25.8. The van der Waals surface area contributed by atoms with Crippen LogP contribution in [0, 0.1) is 25.7 Å². The minimum absolute atomic E-state index is 0.0703. The van der Waals surface area contributed by atoms with Crippen LogP contribution in [-0.4, -0.2) is 30.1 Å². The summed E-state index contributed by atoms with van der Waals surface area (Å²) in [6.45, 7) is 8.78. The van der Waals surface area contributed by atoms with Gasteiger partial charge in [0, 0.05) is 12.0 Å². The van der Waals surface area contributed by atoms with Crippen molar-refractivity contribution in [2.24, 2.45) is 11.8 Å². The molecular formula is C24H32O4. The molecule has 2 bridgehead atoms. The molecule has 2 aliphatic rings. The molecule has 3 rings (SSSR count). The van der Waals surface area contributed by atoms with Crippen molar-refractivity contribution in [3.63, 3.8) is 0 Å². The first-order valence-electron chi connectivity index (χ1n) is 10.6. The van der Waals surface area contributed by atoms with Crippen LogP contribution >= 0.6 is 0 Å². The van der Waals surface area contributed by atoms with Crippen LogP contribution in [0.5, 0.6) is 0 Å². The van der Waals surface area contributed by atoms with Crippen LogP contribution < -0.4 is 0 Å². The van der Waals surface area contributed by atoms with E-state index in [1.807, 2.05) is 44.2 Å². The zero-order valence-corrected chi connectivity index (χ0v) is 17.5. The predicted molar refractivity (Wildman–Crippen MR) is 109 cm³/mol. The van der Waals surface area contributed by atoms with Crippen molar-refractivity contribution in [3.05, 3.63) is 47.0 Å². The molecule has 0 N–H and O–H groups in total. The summed E-state index contributed by atoms with van der Waals surface area (Å²) in [6, 6.07) is 5.70. The summed E-state index contributed by atoms with van der Waals surface area (Å²) in [5.41, 5.74) is 1.83. The first-order valence-corrected chi connectivity index (χ1v) is 10.6. The van der Waals surface area contributed by atoms with Gasteiger partial charge >= 0.3 is 5.97 Å². The van der Waals surface area contributed by atoms with Crippen molar-refractivity contribution < 1.29 is 19.1 Å². The van der Waals surface area contributed by atoms with Gasteiger partial charge in [0.1, 0.15) is 0 Å². The molecule has 1 saturated heterocycles. The zero-order chi connectivity index (χ0) is 20.3. The molecule has 4 heteroatoms. The molecule has 2 aliphatic heterocycles. The Bertz CT molecular complexity index is 766. The highest BCUT2D eigenvalue weighted by molar-refractivity contribution is 6.05. The first-order chi connectivity index (χ1) is 13.4. The van der Waals surface area contributed by atoms with Gasteiger partial charge in [-0.2, -0.15) is 0 Å². The maximum atomic E-state index is 13.2. The highest BCUT2D eigenvalue weighted by atomic mass is 16.6. The van der Waals surface area contributed by atoms with Crippen molar-refractivity contribution >= 4 is 11.8 Å². The Morgan fingerprint density at radius 2 is 2.04 bits per heavy atom. The Labute approximate surface area is 168 Å². The van der Waals surface area contributed by atoms with Crippen molar-refractivity contribution in [1.82, 2.24) is 0 Å². The normalized spacial score (nSPS) is 26.4. The molecular weight excluding hydrogens is 352 g/mol. The van der Waals surface area contributed by atoms with E-state index >= 15 is 0 Å². The summed E-state index contributed by atoms with van der Waals surface area (Å²) in [6.07, 6.45) is 8.08. The number of hydrogen-bond acceptors (Lipinski definition) is 4. The molecule has 0 saturated carbocycles. The third kappa shape index (κ3) is 4.07. The molecule has 0 aromatic heterocycles. The SMILES string of the molecule is CCCCC(CC)COC(=O)C1CC2(C(=O)c3ccc(C)c(C)c3)C=CC1O2. The van der Waals surface area contributed by atoms with E-state index in [0.29, 0.717) is 24.5 Å². The maximum absolute atomic E-state index is 13.2. The Hall–Kier alpha value is -1.94. The molecule has 2 heterocycles. The average Bonchev–Trinajstić information content (AvgIpc) is 3.29. The number of hydrogen-bond donors (Lipinski definition) is 0. The number of unbranched alkanes of at least 4 members (excludes halogenated alkanes) is 1. The molecule has 1 aromatic rings. The summed E-state index contributed by atoms with van der Waals surface area (Å²) >= 11 is 0. The van der Waals surface area contributed by atoms with Crippen molar-refractivity contribution in [3.8, 4) is 0 Å². The average molecular weight is 385 g/mol. The van der Waals surface area contributed by atoms with Gasteiger partial charge in [-0.1, -0.05) is 51.3 Å². The summed E-state index contributed by atoms with van der Waals surface area (Å²) in [5.74, 6) is -0.299. The number of esters is 1. The molecule has 4 unspecified atom stereocenters. The second-order valence-electron chi connectivity index (χ2n) is 8.32. The molecule has 1 aromatic carbocycles. The quantitative estimate of drug-likeness (QED) is 0.343. The van der Waals surface area contributed by atoms with Gasteiger partial charge in [0.15, 0.2) is 11.4 Å². The van der Waals surface area contributed by atoms with E-state index in [1.54, 1.807) is 0 Å². The van der Waals surface area contributed by atoms with Crippen molar-refractivity contribution in [2.45, 2.75) is 71.5 Å². The molecule has 28 heavy (non-hydrogen) atoms. The predicted octanol–water partition coefficient (Wildman–Crippen LogP) is 4.96. The minimum Gasteiger partial charge on any atom is -0.465 e. The number of carbonyl (C=O) groups is 2. The second kappa shape index (κ2) is 8.60. The number of Topliss-reactive ketones (excluding diaryl/α,β-unsaturated/α-hetero) is 1. The molecule has 152 valence electrons. The summed E-state index contributed by atoms with van der Waals surface area (Å²) in [5, 5.41) is 0. The van der Waals surface area contributed by atoms with E-state index in [9.17, 15) is 9.59 Å². The topological polar surface area (TPSA) is 52.6 Å². The van der Waals surface area contributed by atoms with Crippen LogP contribution in [0.2, 0.25) is 0 Å². The van der Waals surface area contributed by atoms with Gasteiger partial charge in [0.2, 0.25) is 0 Å². The van der Waals surface area contributed by atoms with Gasteiger partial charge in [-0.15, -0.1) is 0 Å². The summed E-state index contributed by atoms with van der Waals surface area (Å²) < 4.78 is 11.6. The second-order valence-corrected chi connectivity index (χ2v) is 8.32. The molecule has 1 fully saturated rings. The lowest BCUT2D eigenvalue weighted by Crippen LogP contribution is -2.36. The van der Waals surface area contributed by atoms with E-state index in [1.165, 1.54) is 0 Å². The molecule has 0 amide bonds. The van der Waals surface area contributed by atoms with Crippen molar-refractivity contribution in [1.29, 1.82) is 0 Å². The molecule has 0 spiro atoms. The largest absolute Gasteiger partial charge is 0.465 e. The molecule has 4 atom stereocenters. The number of ether oxygens (including phenoxy) is 2. The molecule has 4 nitrogen and oxygen atoms in total.